The predicted molar refractivity (Wildman–Crippen MR) is 97.4 cm³/mol. The van der Waals surface area contributed by atoms with Crippen LogP contribution in [0.25, 0.3) is 0 Å². The molecule has 0 spiro atoms. The predicted octanol–water partition coefficient (Wildman–Crippen LogP) is 2.54. The number of carbonyl (C=O) groups is 2. The second-order valence-corrected chi connectivity index (χ2v) is 7.53. The van der Waals surface area contributed by atoms with Crippen LogP contribution in [0.2, 0.25) is 0 Å². The fourth-order valence-corrected chi connectivity index (χ4v) is 3.87. The lowest BCUT2D eigenvalue weighted by Crippen LogP contribution is -2.40. The molecule has 1 N–H and O–H groups in total. The Hall–Kier alpha value is -1.88. The number of benzene rings is 1. The van der Waals surface area contributed by atoms with E-state index in [0.29, 0.717) is 44.3 Å². The van der Waals surface area contributed by atoms with Crippen molar-refractivity contribution in [1.82, 2.24) is 4.90 Å². The van der Waals surface area contributed by atoms with Crippen LogP contribution in [0.3, 0.4) is 0 Å². The van der Waals surface area contributed by atoms with Crippen molar-refractivity contribution in [2.24, 2.45) is 5.92 Å². The Morgan fingerprint density at radius 3 is 2.44 bits per heavy atom. The number of hydrogen-bond donors (Lipinski definition) is 1. The van der Waals surface area contributed by atoms with Crippen LogP contribution in [0.15, 0.2) is 24.3 Å². The molecule has 1 unspecified atom stereocenters. The fourth-order valence-electron chi connectivity index (χ4n) is 3.87. The van der Waals surface area contributed by atoms with Gasteiger partial charge in [0, 0.05) is 44.1 Å². The Kier molecular flexibility index (Phi) is 5.42. The number of hydrogen-bond acceptors (Lipinski definition) is 3. The minimum absolute atomic E-state index is 0.0214. The average molecular weight is 344 g/mol. The third-order valence-electron chi connectivity index (χ3n) is 5.48. The molecule has 2 heterocycles. The summed E-state index contributed by atoms with van der Waals surface area (Å²) in [5.74, 6) is 0.883. The van der Waals surface area contributed by atoms with Gasteiger partial charge in [-0.25, -0.2) is 0 Å². The highest BCUT2D eigenvalue weighted by molar-refractivity contribution is 5.97. The second kappa shape index (κ2) is 7.56. The summed E-state index contributed by atoms with van der Waals surface area (Å²) in [6.45, 7) is 6.26. The highest BCUT2D eigenvalue weighted by Gasteiger charge is 2.33. The third-order valence-corrected chi connectivity index (χ3v) is 5.48. The van der Waals surface area contributed by atoms with Gasteiger partial charge in [-0.3, -0.25) is 9.59 Å². The van der Waals surface area contributed by atoms with E-state index in [1.54, 1.807) is 4.90 Å². The Labute approximate surface area is 149 Å². The van der Waals surface area contributed by atoms with Crippen molar-refractivity contribution in [3.63, 3.8) is 0 Å². The van der Waals surface area contributed by atoms with E-state index >= 15 is 0 Å². The van der Waals surface area contributed by atoms with Crippen LogP contribution >= 0.6 is 0 Å². The maximum Gasteiger partial charge on any atom is 0.227 e. The first-order valence-corrected chi connectivity index (χ1v) is 9.32. The van der Waals surface area contributed by atoms with Gasteiger partial charge < -0.3 is 14.9 Å². The number of aliphatic hydroxyl groups excluding tert-OH is 1. The molecule has 1 atom stereocenters. The van der Waals surface area contributed by atoms with E-state index < -0.39 is 0 Å². The molecule has 0 saturated carbocycles. The maximum atomic E-state index is 12.7. The number of para-hydroxylation sites is 1. The zero-order valence-electron chi connectivity index (χ0n) is 15.1. The van der Waals surface area contributed by atoms with E-state index in [2.05, 4.69) is 19.9 Å². The smallest absolute Gasteiger partial charge is 0.227 e. The van der Waals surface area contributed by atoms with Gasteiger partial charge in [-0.15, -0.1) is 0 Å². The number of fused-ring (bicyclic) bond motifs is 1. The molecule has 1 saturated heterocycles. The molecular formula is C20H28N2O3. The van der Waals surface area contributed by atoms with Crippen molar-refractivity contribution in [3.05, 3.63) is 29.8 Å². The first kappa shape index (κ1) is 17.9. The molecule has 3 rings (SSSR count). The van der Waals surface area contributed by atoms with Crippen molar-refractivity contribution in [3.8, 4) is 0 Å². The molecule has 5 heteroatoms. The van der Waals surface area contributed by atoms with Crippen LogP contribution < -0.4 is 4.90 Å². The largest absolute Gasteiger partial charge is 0.393 e. The zero-order valence-corrected chi connectivity index (χ0v) is 15.1. The average Bonchev–Trinajstić information content (AvgIpc) is 3.00. The van der Waals surface area contributed by atoms with Crippen LogP contribution in [-0.2, 0) is 9.59 Å². The van der Waals surface area contributed by atoms with Crippen LogP contribution in [0.4, 0.5) is 5.69 Å². The fraction of sp³-hybridized carbons (Fsp3) is 0.600. The molecule has 1 aromatic rings. The first-order valence-electron chi connectivity index (χ1n) is 9.32. The van der Waals surface area contributed by atoms with Gasteiger partial charge in [-0.1, -0.05) is 32.0 Å². The highest BCUT2D eigenvalue weighted by Crippen LogP contribution is 2.40. The molecule has 25 heavy (non-hydrogen) atoms. The van der Waals surface area contributed by atoms with Crippen LogP contribution in [0.5, 0.6) is 0 Å². The molecular weight excluding hydrogens is 316 g/mol. The van der Waals surface area contributed by atoms with E-state index in [1.165, 1.54) is 5.56 Å². The normalized spacial score (nSPS) is 20.9. The lowest BCUT2D eigenvalue weighted by Gasteiger charge is -2.29. The van der Waals surface area contributed by atoms with Crippen molar-refractivity contribution >= 4 is 17.5 Å². The Morgan fingerprint density at radius 1 is 1.12 bits per heavy atom. The first-order chi connectivity index (χ1) is 12.0. The van der Waals surface area contributed by atoms with E-state index in [4.69, 9.17) is 0 Å². The van der Waals surface area contributed by atoms with E-state index in [0.717, 1.165) is 5.69 Å². The molecule has 1 aromatic carbocycles. The van der Waals surface area contributed by atoms with Crippen molar-refractivity contribution < 1.29 is 14.7 Å². The molecule has 0 bridgehead atoms. The van der Waals surface area contributed by atoms with Crippen molar-refractivity contribution in [2.75, 3.05) is 24.5 Å². The van der Waals surface area contributed by atoms with Crippen LogP contribution in [-0.4, -0.2) is 47.6 Å². The number of piperidine rings is 1. The van der Waals surface area contributed by atoms with E-state index in [9.17, 15) is 14.7 Å². The maximum absolute atomic E-state index is 12.7. The Morgan fingerprint density at radius 2 is 1.76 bits per heavy atom. The van der Waals surface area contributed by atoms with E-state index in [1.807, 2.05) is 23.1 Å². The molecule has 5 nitrogen and oxygen atoms in total. The second-order valence-electron chi connectivity index (χ2n) is 7.53. The quantitative estimate of drug-likeness (QED) is 0.913. The van der Waals surface area contributed by atoms with Gasteiger partial charge >= 0.3 is 0 Å². The monoisotopic (exact) mass is 344 g/mol. The lowest BCUT2D eigenvalue weighted by atomic mass is 9.90. The summed E-state index contributed by atoms with van der Waals surface area (Å²) in [5, 5.41) is 9.53. The molecule has 2 amide bonds. The molecule has 1 fully saturated rings. The number of anilines is 1. The van der Waals surface area contributed by atoms with Gasteiger partial charge in [0.2, 0.25) is 11.8 Å². The molecule has 2 aliphatic heterocycles. The minimum atomic E-state index is -0.292. The topological polar surface area (TPSA) is 60.9 Å². The number of rotatable bonds is 4. The summed E-state index contributed by atoms with van der Waals surface area (Å²) in [5.41, 5.74) is 2.24. The summed E-state index contributed by atoms with van der Waals surface area (Å²) < 4.78 is 0. The third kappa shape index (κ3) is 3.87. The summed E-state index contributed by atoms with van der Waals surface area (Å²) in [4.78, 5) is 28.7. The van der Waals surface area contributed by atoms with E-state index in [-0.39, 0.29) is 30.8 Å². The SMILES string of the molecule is CC(C)C1CN(C(=O)CCC(=O)N2CCC(O)CC2)c2ccccc21. The van der Waals surface area contributed by atoms with Crippen molar-refractivity contribution in [1.29, 1.82) is 0 Å². The number of nitrogens with zero attached hydrogens (tertiary/aromatic N) is 2. The summed E-state index contributed by atoms with van der Waals surface area (Å²) in [6, 6.07) is 8.10. The standard InChI is InChI=1S/C20H28N2O3/c1-14(2)17-13-22(18-6-4-3-5-16(17)18)20(25)8-7-19(24)21-11-9-15(23)10-12-21/h3-6,14-15,17,23H,7-13H2,1-2H3. The highest BCUT2D eigenvalue weighted by atomic mass is 16.3. The zero-order chi connectivity index (χ0) is 18.0. The van der Waals surface area contributed by atoms with Crippen LogP contribution in [0, 0.1) is 5.92 Å². The van der Waals surface area contributed by atoms with Gasteiger partial charge in [0.25, 0.3) is 0 Å². The summed E-state index contributed by atoms with van der Waals surface area (Å²) in [7, 11) is 0. The lowest BCUT2D eigenvalue weighted by molar-refractivity contribution is -0.134. The number of aliphatic hydroxyl groups is 1. The number of amides is 2. The van der Waals surface area contributed by atoms with Crippen LogP contribution in [0.1, 0.15) is 51.0 Å². The molecule has 0 aromatic heterocycles. The van der Waals surface area contributed by atoms with Gasteiger partial charge in [-0.2, -0.15) is 0 Å². The van der Waals surface area contributed by atoms with Gasteiger partial charge in [0.1, 0.15) is 0 Å². The van der Waals surface area contributed by atoms with Gasteiger partial charge in [0.15, 0.2) is 0 Å². The Balaban J connectivity index is 1.59. The molecule has 0 aliphatic carbocycles. The summed E-state index contributed by atoms with van der Waals surface area (Å²) in [6.07, 6.45) is 1.47. The van der Waals surface area contributed by atoms with Gasteiger partial charge in [-0.05, 0) is 30.4 Å². The van der Waals surface area contributed by atoms with Gasteiger partial charge in [0.05, 0.1) is 6.10 Å². The molecule has 136 valence electrons. The Bertz CT molecular complexity index is 636. The van der Waals surface area contributed by atoms with Crippen molar-refractivity contribution in [2.45, 2.75) is 51.6 Å². The molecule has 2 aliphatic rings. The molecule has 0 radical (unpaired) electrons. The number of carbonyl (C=O) groups excluding carboxylic acids is 2. The summed E-state index contributed by atoms with van der Waals surface area (Å²) >= 11 is 0. The minimum Gasteiger partial charge on any atom is -0.393 e. The number of likely N-dealkylation sites (tertiary alicyclic amines) is 1.